The van der Waals surface area contributed by atoms with Gasteiger partial charge in [0.1, 0.15) is 5.56 Å². The first kappa shape index (κ1) is 16.0. The minimum atomic E-state index is -0.248. The number of carbonyl (C=O) groups is 1. The lowest BCUT2D eigenvalue weighted by molar-refractivity contribution is 0.0792. The van der Waals surface area contributed by atoms with Crippen LogP contribution in [-0.2, 0) is 6.42 Å². The quantitative estimate of drug-likeness (QED) is 0.882. The summed E-state index contributed by atoms with van der Waals surface area (Å²) < 4.78 is 0. The number of hydrogen-bond donors (Lipinski definition) is 2. The van der Waals surface area contributed by atoms with Crippen molar-refractivity contribution in [1.82, 2.24) is 20.1 Å². The minimum Gasteiger partial charge on any atom is -0.364 e. The predicted octanol–water partition coefficient (Wildman–Crippen LogP) is 1.73. The summed E-state index contributed by atoms with van der Waals surface area (Å²) in [5.41, 5.74) is 3.96. The highest BCUT2D eigenvalue weighted by Crippen LogP contribution is 2.12. The molecule has 0 radical (unpaired) electrons. The van der Waals surface area contributed by atoms with Crippen molar-refractivity contribution in [3.8, 4) is 0 Å². The largest absolute Gasteiger partial charge is 0.364 e. The van der Waals surface area contributed by atoms with Crippen molar-refractivity contribution in [2.45, 2.75) is 33.6 Å². The second kappa shape index (κ2) is 6.60. The van der Waals surface area contributed by atoms with E-state index in [2.05, 4.69) is 15.2 Å². The number of H-pyrrole nitrogens is 2. The van der Waals surface area contributed by atoms with E-state index < -0.39 is 0 Å². The maximum atomic E-state index is 12.3. The Labute approximate surface area is 129 Å². The SMILES string of the molecule is Cc1cc(=O)c(C(=O)N(C)CCCc2c(C)n[nH]c2C)c[nH]1. The van der Waals surface area contributed by atoms with Crippen LogP contribution in [0, 0.1) is 20.8 Å². The number of carbonyl (C=O) groups excluding carboxylic acids is 1. The van der Waals surface area contributed by atoms with Crippen LogP contribution < -0.4 is 5.43 Å². The van der Waals surface area contributed by atoms with Gasteiger partial charge < -0.3 is 9.88 Å². The van der Waals surface area contributed by atoms with Crippen LogP contribution in [0.25, 0.3) is 0 Å². The second-order valence-corrected chi connectivity index (χ2v) is 5.64. The number of hydrogen-bond acceptors (Lipinski definition) is 3. The number of aryl methyl sites for hydroxylation is 3. The molecule has 2 N–H and O–H groups in total. The Morgan fingerprint density at radius 3 is 2.64 bits per heavy atom. The van der Waals surface area contributed by atoms with E-state index in [1.165, 1.54) is 17.8 Å². The third-order valence-corrected chi connectivity index (χ3v) is 3.84. The first-order valence-corrected chi connectivity index (χ1v) is 7.35. The fourth-order valence-corrected chi connectivity index (χ4v) is 2.48. The molecule has 2 heterocycles. The van der Waals surface area contributed by atoms with E-state index in [1.54, 1.807) is 18.9 Å². The molecule has 0 aliphatic carbocycles. The maximum absolute atomic E-state index is 12.3. The average Bonchev–Trinajstić information content (AvgIpc) is 2.78. The zero-order valence-corrected chi connectivity index (χ0v) is 13.5. The Kier molecular flexibility index (Phi) is 4.80. The summed E-state index contributed by atoms with van der Waals surface area (Å²) in [7, 11) is 1.72. The maximum Gasteiger partial charge on any atom is 0.259 e. The summed E-state index contributed by atoms with van der Waals surface area (Å²) >= 11 is 0. The van der Waals surface area contributed by atoms with E-state index in [9.17, 15) is 9.59 Å². The van der Waals surface area contributed by atoms with Gasteiger partial charge >= 0.3 is 0 Å². The number of amides is 1. The summed E-state index contributed by atoms with van der Waals surface area (Å²) in [6, 6.07) is 1.44. The van der Waals surface area contributed by atoms with E-state index in [0.29, 0.717) is 6.54 Å². The molecule has 0 spiro atoms. The zero-order chi connectivity index (χ0) is 16.3. The molecule has 0 aliphatic rings. The summed E-state index contributed by atoms with van der Waals surface area (Å²) in [4.78, 5) is 28.6. The molecule has 118 valence electrons. The molecular weight excluding hydrogens is 280 g/mol. The first-order valence-electron chi connectivity index (χ1n) is 7.35. The Hall–Kier alpha value is -2.37. The number of nitrogens with zero attached hydrogens (tertiary/aromatic N) is 2. The highest BCUT2D eigenvalue weighted by molar-refractivity contribution is 5.93. The molecule has 0 aromatic carbocycles. The molecular formula is C16H22N4O2. The monoisotopic (exact) mass is 302 g/mol. The number of rotatable bonds is 5. The molecule has 6 heteroatoms. The van der Waals surface area contributed by atoms with Gasteiger partial charge in [-0.25, -0.2) is 0 Å². The van der Waals surface area contributed by atoms with Gasteiger partial charge in [0.05, 0.1) is 5.69 Å². The number of aromatic nitrogens is 3. The van der Waals surface area contributed by atoms with E-state index in [0.717, 1.165) is 29.9 Å². The van der Waals surface area contributed by atoms with Crippen molar-refractivity contribution in [2.75, 3.05) is 13.6 Å². The van der Waals surface area contributed by atoms with Crippen molar-refractivity contribution >= 4 is 5.91 Å². The highest BCUT2D eigenvalue weighted by Gasteiger charge is 2.15. The van der Waals surface area contributed by atoms with Crippen LogP contribution in [0.1, 0.15) is 39.4 Å². The lowest BCUT2D eigenvalue weighted by Gasteiger charge is -2.16. The molecule has 0 atom stereocenters. The van der Waals surface area contributed by atoms with Gasteiger partial charge in [0.25, 0.3) is 5.91 Å². The summed E-state index contributed by atoms with van der Waals surface area (Å²) in [5.74, 6) is -0.248. The Balaban J connectivity index is 1.96. The molecule has 2 aromatic heterocycles. The van der Waals surface area contributed by atoms with Crippen molar-refractivity contribution in [1.29, 1.82) is 0 Å². The standard InChI is InChI=1S/C16H22N4O2/c1-10-8-15(21)14(9-17-10)16(22)20(4)7-5-6-13-11(2)18-19-12(13)3/h8-9H,5-7H2,1-4H3,(H,17,21)(H,18,19). The van der Waals surface area contributed by atoms with Crippen molar-refractivity contribution < 1.29 is 4.79 Å². The fourth-order valence-electron chi connectivity index (χ4n) is 2.48. The van der Waals surface area contributed by atoms with Crippen molar-refractivity contribution in [3.63, 3.8) is 0 Å². The number of aromatic amines is 2. The molecule has 2 aromatic rings. The predicted molar refractivity (Wildman–Crippen MR) is 85.1 cm³/mol. The third kappa shape index (κ3) is 3.44. The molecule has 2 rings (SSSR count). The number of pyridine rings is 1. The van der Waals surface area contributed by atoms with Crippen LogP contribution >= 0.6 is 0 Å². The smallest absolute Gasteiger partial charge is 0.259 e. The summed E-state index contributed by atoms with van der Waals surface area (Å²) in [6.07, 6.45) is 3.17. The van der Waals surface area contributed by atoms with Gasteiger partial charge in [0, 0.05) is 37.2 Å². The molecule has 6 nitrogen and oxygen atoms in total. The van der Waals surface area contributed by atoms with Crippen molar-refractivity contribution in [3.05, 3.63) is 50.7 Å². The lowest BCUT2D eigenvalue weighted by Crippen LogP contribution is -2.32. The van der Waals surface area contributed by atoms with E-state index in [1.807, 2.05) is 13.8 Å². The average molecular weight is 302 g/mol. The molecule has 0 saturated carbocycles. The Morgan fingerprint density at radius 1 is 1.32 bits per heavy atom. The van der Waals surface area contributed by atoms with Gasteiger partial charge in [-0.15, -0.1) is 0 Å². The Morgan fingerprint density at radius 2 is 2.05 bits per heavy atom. The van der Waals surface area contributed by atoms with Gasteiger partial charge in [0.15, 0.2) is 5.43 Å². The summed E-state index contributed by atoms with van der Waals surface area (Å²) in [6.45, 7) is 6.35. The lowest BCUT2D eigenvalue weighted by atomic mass is 10.1. The van der Waals surface area contributed by atoms with Crippen LogP contribution in [-0.4, -0.2) is 39.6 Å². The first-order chi connectivity index (χ1) is 10.4. The van der Waals surface area contributed by atoms with E-state index >= 15 is 0 Å². The van der Waals surface area contributed by atoms with Crippen LogP contribution in [0.5, 0.6) is 0 Å². The third-order valence-electron chi connectivity index (χ3n) is 3.84. The number of nitrogens with one attached hydrogen (secondary N) is 2. The zero-order valence-electron chi connectivity index (χ0n) is 13.5. The highest BCUT2D eigenvalue weighted by atomic mass is 16.2. The van der Waals surface area contributed by atoms with E-state index in [4.69, 9.17) is 0 Å². The van der Waals surface area contributed by atoms with Crippen LogP contribution in [0.4, 0.5) is 0 Å². The van der Waals surface area contributed by atoms with Gasteiger partial charge in [0.2, 0.25) is 0 Å². The van der Waals surface area contributed by atoms with Gasteiger partial charge in [-0.05, 0) is 39.2 Å². The molecule has 22 heavy (non-hydrogen) atoms. The Bertz CT molecular complexity index is 710. The minimum absolute atomic E-state index is 0.184. The summed E-state index contributed by atoms with van der Waals surface area (Å²) in [5, 5.41) is 7.13. The van der Waals surface area contributed by atoms with Gasteiger partial charge in [-0.3, -0.25) is 14.7 Å². The van der Waals surface area contributed by atoms with Crippen LogP contribution in [0.3, 0.4) is 0 Å². The van der Waals surface area contributed by atoms with Gasteiger partial charge in [-0.2, -0.15) is 5.10 Å². The van der Waals surface area contributed by atoms with Crippen LogP contribution in [0.2, 0.25) is 0 Å². The molecule has 0 aliphatic heterocycles. The topological polar surface area (TPSA) is 81.8 Å². The normalized spacial score (nSPS) is 10.7. The molecule has 1 amide bonds. The second-order valence-electron chi connectivity index (χ2n) is 5.64. The van der Waals surface area contributed by atoms with Gasteiger partial charge in [-0.1, -0.05) is 0 Å². The van der Waals surface area contributed by atoms with E-state index in [-0.39, 0.29) is 16.9 Å². The van der Waals surface area contributed by atoms with Crippen molar-refractivity contribution in [2.24, 2.45) is 0 Å². The molecule has 0 unspecified atom stereocenters. The molecule has 0 saturated heterocycles. The fraction of sp³-hybridized carbons (Fsp3) is 0.438. The molecule has 0 fully saturated rings. The van der Waals surface area contributed by atoms with Crippen LogP contribution in [0.15, 0.2) is 17.1 Å². The molecule has 0 bridgehead atoms.